The van der Waals surface area contributed by atoms with Crippen molar-refractivity contribution in [1.82, 2.24) is 0 Å². The van der Waals surface area contributed by atoms with Crippen LogP contribution in [0.25, 0.3) is 5.76 Å². The minimum Gasteiger partial charge on any atom is -0.508 e. The molecule has 1 amide bonds. The highest BCUT2D eigenvalue weighted by Gasteiger charge is 2.47. The van der Waals surface area contributed by atoms with E-state index in [9.17, 15) is 19.8 Å². The second kappa shape index (κ2) is 10.2. The molecule has 0 bridgehead atoms. The van der Waals surface area contributed by atoms with Gasteiger partial charge >= 0.3 is 0 Å². The Morgan fingerprint density at radius 2 is 1.69 bits per heavy atom. The molecule has 0 radical (unpaired) electrons. The van der Waals surface area contributed by atoms with Gasteiger partial charge in [0.05, 0.1) is 25.3 Å². The Labute approximate surface area is 210 Å². The van der Waals surface area contributed by atoms with E-state index in [1.54, 1.807) is 68.6 Å². The third kappa shape index (κ3) is 4.77. The van der Waals surface area contributed by atoms with Crippen LogP contribution in [-0.2, 0) is 9.59 Å². The van der Waals surface area contributed by atoms with Crippen molar-refractivity contribution in [2.75, 3.05) is 18.6 Å². The molecule has 3 aromatic carbocycles. The number of ether oxygens (including phenoxy) is 2. The minimum absolute atomic E-state index is 0.0175. The van der Waals surface area contributed by atoms with Crippen molar-refractivity contribution < 1.29 is 29.3 Å². The van der Waals surface area contributed by atoms with Gasteiger partial charge in [0.2, 0.25) is 0 Å². The topological polar surface area (TPSA) is 96.3 Å². The lowest BCUT2D eigenvalue weighted by atomic mass is 9.93. The number of phenolic OH excluding ortho intramolecular Hbond substituents is 1. The predicted octanol–water partition coefficient (Wildman–Crippen LogP) is 5.37. The number of aromatic hydroxyl groups is 1. The number of ketones is 1. The zero-order chi connectivity index (χ0) is 26.0. The summed E-state index contributed by atoms with van der Waals surface area (Å²) in [5.41, 5.74) is 1.99. The molecule has 0 aromatic heterocycles. The summed E-state index contributed by atoms with van der Waals surface area (Å²) in [6, 6.07) is 17.3. The highest BCUT2D eigenvalue weighted by Crippen LogP contribution is 2.43. The van der Waals surface area contributed by atoms with Gasteiger partial charge in [-0.1, -0.05) is 26.0 Å². The van der Waals surface area contributed by atoms with Crippen LogP contribution in [0, 0.1) is 12.8 Å². The standard InChI is InChI=1S/C29H29NO6/c1-17(2)16-36-22-10-8-20(9-11-22)30-26(19-6-5-7-21(31)15-19)25(28(33)29(30)34)27(32)24-13-12-23(35-4)14-18(24)3/h5-15,17,26,31-32H,16H2,1-4H3/b27-25-. The van der Waals surface area contributed by atoms with E-state index in [1.165, 1.54) is 17.0 Å². The molecule has 186 valence electrons. The number of anilines is 1. The van der Waals surface area contributed by atoms with E-state index in [0.29, 0.717) is 46.4 Å². The molecule has 1 saturated heterocycles. The number of phenols is 1. The number of aryl methyl sites for hydroxylation is 1. The zero-order valence-corrected chi connectivity index (χ0v) is 20.7. The molecular formula is C29H29NO6. The first-order chi connectivity index (χ1) is 17.2. The van der Waals surface area contributed by atoms with Crippen LogP contribution in [0.2, 0.25) is 0 Å². The van der Waals surface area contributed by atoms with Crippen molar-refractivity contribution in [2.45, 2.75) is 26.8 Å². The highest BCUT2D eigenvalue weighted by atomic mass is 16.5. The normalized spacial score (nSPS) is 17.0. The van der Waals surface area contributed by atoms with Gasteiger partial charge in [0, 0.05) is 11.3 Å². The molecule has 3 aromatic rings. The average Bonchev–Trinajstić information content (AvgIpc) is 3.13. The van der Waals surface area contributed by atoms with Gasteiger partial charge < -0.3 is 19.7 Å². The van der Waals surface area contributed by atoms with Crippen molar-refractivity contribution in [2.24, 2.45) is 5.92 Å². The van der Waals surface area contributed by atoms with Gasteiger partial charge in [0.1, 0.15) is 23.0 Å². The maximum atomic E-state index is 13.3. The number of carbonyl (C=O) groups excluding carboxylic acids is 2. The summed E-state index contributed by atoms with van der Waals surface area (Å²) in [7, 11) is 1.54. The molecule has 0 saturated carbocycles. The Kier molecular flexibility index (Phi) is 7.01. The van der Waals surface area contributed by atoms with Crippen LogP contribution in [0.15, 0.2) is 72.3 Å². The smallest absolute Gasteiger partial charge is 0.300 e. The van der Waals surface area contributed by atoms with E-state index < -0.39 is 17.7 Å². The van der Waals surface area contributed by atoms with E-state index in [0.717, 1.165) is 0 Å². The Morgan fingerprint density at radius 1 is 1.00 bits per heavy atom. The molecule has 1 aliphatic rings. The van der Waals surface area contributed by atoms with Crippen LogP contribution in [0.1, 0.15) is 36.6 Å². The molecule has 1 unspecified atom stereocenters. The molecule has 1 atom stereocenters. The van der Waals surface area contributed by atoms with Crippen LogP contribution < -0.4 is 14.4 Å². The minimum atomic E-state index is -0.943. The molecule has 4 rings (SSSR count). The van der Waals surface area contributed by atoms with Crippen molar-refractivity contribution in [1.29, 1.82) is 0 Å². The molecule has 2 N–H and O–H groups in total. The van der Waals surface area contributed by atoms with Crippen LogP contribution >= 0.6 is 0 Å². The maximum Gasteiger partial charge on any atom is 0.300 e. The van der Waals surface area contributed by atoms with Gasteiger partial charge in [-0.3, -0.25) is 14.5 Å². The Morgan fingerprint density at radius 3 is 2.31 bits per heavy atom. The number of benzene rings is 3. The predicted molar refractivity (Wildman–Crippen MR) is 137 cm³/mol. The van der Waals surface area contributed by atoms with Gasteiger partial charge in [0.15, 0.2) is 0 Å². The first-order valence-corrected chi connectivity index (χ1v) is 11.7. The molecular weight excluding hydrogens is 458 g/mol. The van der Waals surface area contributed by atoms with Gasteiger partial charge in [0.25, 0.3) is 11.7 Å². The SMILES string of the molecule is COc1ccc(/C(O)=C2/C(=O)C(=O)N(c3ccc(OCC(C)C)cc3)C2c2cccc(O)c2)c(C)c1. The summed E-state index contributed by atoms with van der Waals surface area (Å²) >= 11 is 0. The van der Waals surface area contributed by atoms with E-state index in [1.807, 2.05) is 13.8 Å². The largest absolute Gasteiger partial charge is 0.508 e. The summed E-state index contributed by atoms with van der Waals surface area (Å²) in [5, 5.41) is 21.5. The molecule has 36 heavy (non-hydrogen) atoms. The fraction of sp³-hybridized carbons (Fsp3) is 0.241. The molecule has 1 fully saturated rings. The summed E-state index contributed by atoms with van der Waals surface area (Å²) in [5.74, 6) is -0.282. The quantitative estimate of drug-likeness (QED) is 0.264. The van der Waals surface area contributed by atoms with E-state index >= 15 is 0 Å². The second-order valence-corrected chi connectivity index (χ2v) is 9.14. The van der Waals surface area contributed by atoms with Gasteiger partial charge in [-0.05, 0) is 78.6 Å². The van der Waals surface area contributed by atoms with Crippen molar-refractivity contribution in [3.8, 4) is 17.2 Å². The number of hydrogen-bond donors (Lipinski definition) is 2. The zero-order valence-electron chi connectivity index (χ0n) is 20.7. The van der Waals surface area contributed by atoms with Gasteiger partial charge in [-0.2, -0.15) is 0 Å². The lowest BCUT2D eigenvalue weighted by molar-refractivity contribution is -0.132. The average molecular weight is 488 g/mol. The van der Waals surface area contributed by atoms with Crippen LogP contribution in [-0.4, -0.2) is 35.6 Å². The first-order valence-electron chi connectivity index (χ1n) is 11.7. The molecule has 1 aliphatic heterocycles. The number of hydrogen-bond acceptors (Lipinski definition) is 6. The van der Waals surface area contributed by atoms with Crippen molar-refractivity contribution in [3.05, 3.63) is 89.0 Å². The lowest BCUT2D eigenvalue weighted by Crippen LogP contribution is -2.29. The molecule has 7 nitrogen and oxygen atoms in total. The third-order valence-electron chi connectivity index (χ3n) is 6.02. The molecule has 1 heterocycles. The number of Topliss-reactive ketones (excluding diaryl/α,β-unsaturated/α-hetero) is 1. The number of methoxy groups -OCH3 is 1. The van der Waals surface area contributed by atoms with E-state index in [4.69, 9.17) is 9.47 Å². The maximum absolute atomic E-state index is 13.3. The number of aliphatic hydroxyl groups excluding tert-OH is 1. The highest BCUT2D eigenvalue weighted by molar-refractivity contribution is 6.51. The lowest BCUT2D eigenvalue weighted by Gasteiger charge is -2.26. The first kappa shape index (κ1) is 24.9. The molecule has 0 spiro atoms. The van der Waals surface area contributed by atoms with Crippen LogP contribution in [0.5, 0.6) is 17.2 Å². The van der Waals surface area contributed by atoms with E-state index in [2.05, 4.69) is 0 Å². The number of nitrogens with zero attached hydrogens (tertiary/aromatic N) is 1. The second-order valence-electron chi connectivity index (χ2n) is 9.14. The molecule has 7 heteroatoms. The summed E-state index contributed by atoms with van der Waals surface area (Å²) < 4.78 is 11.0. The van der Waals surface area contributed by atoms with Gasteiger partial charge in [-0.25, -0.2) is 0 Å². The fourth-order valence-electron chi connectivity index (χ4n) is 4.25. The third-order valence-corrected chi connectivity index (χ3v) is 6.02. The Balaban J connectivity index is 1.85. The molecule has 0 aliphatic carbocycles. The van der Waals surface area contributed by atoms with Crippen molar-refractivity contribution >= 4 is 23.1 Å². The fourth-order valence-corrected chi connectivity index (χ4v) is 4.25. The summed E-state index contributed by atoms with van der Waals surface area (Å²) in [6.07, 6.45) is 0. The summed E-state index contributed by atoms with van der Waals surface area (Å²) in [6.45, 7) is 6.43. The number of rotatable bonds is 7. The van der Waals surface area contributed by atoms with Gasteiger partial charge in [-0.15, -0.1) is 0 Å². The monoisotopic (exact) mass is 487 g/mol. The van der Waals surface area contributed by atoms with E-state index in [-0.39, 0.29) is 17.1 Å². The van der Waals surface area contributed by atoms with Crippen LogP contribution in [0.3, 0.4) is 0 Å². The number of carbonyl (C=O) groups is 2. The number of aliphatic hydroxyl groups is 1. The van der Waals surface area contributed by atoms with Crippen LogP contribution in [0.4, 0.5) is 5.69 Å². The Hall–Kier alpha value is -4.26. The van der Waals surface area contributed by atoms with Crippen molar-refractivity contribution in [3.63, 3.8) is 0 Å². The number of amides is 1. The summed E-state index contributed by atoms with van der Waals surface area (Å²) in [4.78, 5) is 28.0. The Bertz CT molecular complexity index is 1330.